The molecule has 0 aromatic heterocycles. The number of carbonyl (C=O) groups excluding carboxylic acids is 2. The summed E-state index contributed by atoms with van der Waals surface area (Å²) in [5.41, 5.74) is 0.788. The smallest absolute Gasteiger partial charge is 0.295 e. The zero-order valence-corrected chi connectivity index (χ0v) is 20.7. The Labute approximate surface area is 210 Å². The van der Waals surface area contributed by atoms with Gasteiger partial charge in [-0.1, -0.05) is 25.8 Å². The quantitative estimate of drug-likeness (QED) is 0.215. The molecule has 2 atom stereocenters. The molecule has 0 saturated carbocycles. The van der Waals surface area contributed by atoms with Crippen molar-refractivity contribution in [2.45, 2.75) is 51.2 Å². The highest BCUT2D eigenvalue weighted by molar-refractivity contribution is 6.46. The Hall–Kier alpha value is -3.39. The van der Waals surface area contributed by atoms with Crippen LogP contribution in [0, 0.1) is 5.82 Å². The van der Waals surface area contributed by atoms with Gasteiger partial charge in [-0.25, -0.2) is 4.39 Å². The summed E-state index contributed by atoms with van der Waals surface area (Å²) in [6.45, 7) is 3.49. The lowest BCUT2D eigenvalue weighted by Gasteiger charge is -2.28. The Balaban J connectivity index is 1.75. The van der Waals surface area contributed by atoms with Crippen molar-refractivity contribution in [2.75, 3.05) is 26.9 Å². The summed E-state index contributed by atoms with van der Waals surface area (Å²) in [4.78, 5) is 27.8. The first-order chi connectivity index (χ1) is 17.4. The Bertz CT molecular complexity index is 1120. The number of amides is 1. The van der Waals surface area contributed by atoms with Gasteiger partial charge in [0.1, 0.15) is 11.6 Å². The van der Waals surface area contributed by atoms with E-state index in [1.54, 1.807) is 18.2 Å². The number of ketones is 1. The summed E-state index contributed by atoms with van der Waals surface area (Å²) in [6.07, 6.45) is 4.52. The van der Waals surface area contributed by atoms with Gasteiger partial charge in [0.2, 0.25) is 0 Å². The number of aliphatic hydroxyl groups excluding tert-OH is 1. The minimum atomic E-state index is -0.859. The van der Waals surface area contributed by atoms with Crippen molar-refractivity contribution in [3.8, 4) is 11.5 Å². The number of hydrogen-bond donors (Lipinski definition) is 1. The second kappa shape index (κ2) is 11.6. The third-order valence-electron chi connectivity index (χ3n) is 6.59. The van der Waals surface area contributed by atoms with Crippen molar-refractivity contribution in [3.05, 3.63) is 65.0 Å². The van der Waals surface area contributed by atoms with E-state index in [0.29, 0.717) is 30.3 Å². The van der Waals surface area contributed by atoms with Gasteiger partial charge in [0.15, 0.2) is 11.5 Å². The molecule has 2 saturated heterocycles. The number of rotatable bonds is 10. The number of benzene rings is 2. The Morgan fingerprint density at radius 1 is 1.14 bits per heavy atom. The zero-order chi connectivity index (χ0) is 25.7. The highest BCUT2D eigenvalue weighted by atomic mass is 19.1. The molecule has 36 heavy (non-hydrogen) atoms. The molecule has 2 aromatic carbocycles. The van der Waals surface area contributed by atoms with Crippen LogP contribution in [0.5, 0.6) is 11.5 Å². The Kier molecular flexibility index (Phi) is 8.25. The SMILES string of the molecule is CCCCCOc1ccc(C2C(=C(O)c3ccc(F)cc3)C(=O)C(=O)N2CC2CCCO2)cc1OC. The third-order valence-corrected chi connectivity index (χ3v) is 6.59. The first-order valence-corrected chi connectivity index (χ1v) is 12.4. The fraction of sp³-hybridized carbons (Fsp3) is 0.429. The van der Waals surface area contributed by atoms with E-state index < -0.39 is 23.5 Å². The molecule has 0 aliphatic carbocycles. The molecule has 2 fully saturated rings. The fourth-order valence-electron chi connectivity index (χ4n) is 4.69. The van der Waals surface area contributed by atoms with Crippen LogP contribution >= 0.6 is 0 Å². The highest BCUT2D eigenvalue weighted by Gasteiger charge is 2.47. The normalized spacial score (nSPS) is 21.2. The predicted octanol–water partition coefficient (Wildman–Crippen LogP) is 5.00. The van der Waals surface area contributed by atoms with Crippen LogP contribution in [0.1, 0.15) is 56.2 Å². The van der Waals surface area contributed by atoms with Crippen LogP contribution in [-0.4, -0.2) is 54.7 Å². The number of likely N-dealkylation sites (tertiary alicyclic amines) is 1. The second-order valence-corrected chi connectivity index (χ2v) is 9.06. The maximum Gasteiger partial charge on any atom is 0.295 e. The summed E-state index contributed by atoms with van der Waals surface area (Å²) in [6, 6.07) is 9.54. The molecule has 2 heterocycles. The van der Waals surface area contributed by atoms with Crippen LogP contribution in [0.4, 0.5) is 4.39 Å². The topological polar surface area (TPSA) is 85.3 Å². The monoisotopic (exact) mass is 497 g/mol. The van der Waals surface area contributed by atoms with Gasteiger partial charge in [0.25, 0.3) is 11.7 Å². The number of unbranched alkanes of at least 4 members (excludes halogenated alkanes) is 2. The molecule has 0 radical (unpaired) electrons. The molecule has 2 aromatic rings. The summed E-state index contributed by atoms with van der Waals surface area (Å²) >= 11 is 0. The van der Waals surface area contributed by atoms with Gasteiger partial charge in [-0.05, 0) is 61.2 Å². The van der Waals surface area contributed by atoms with E-state index in [1.807, 2.05) is 0 Å². The number of ether oxygens (including phenoxy) is 3. The average Bonchev–Trinajstić information content (AvgIpc) is 3.49. The predicted molar refractivity (Wildman–Crippen MR) is 132 cm³/mol. The number of carbonyl (C=O) groups is 2. The molecule has 2 aliphatic heterocycles. The number of Topliss-reactive ketones (excluding diaryl/α,β-unsaturated/α-hetero) is 1. The lowest BCUT2D eigenvalue weighted by molar-refractivity contribution is -0.140. The molecular weight excluding hydrogens is 465 g/mol. The molecule has 7 nitrogen and oxygen atoms in total. The molecule has 192 valence electrons. The highest BCUT2D eigenvalue weighted by Crippen LogP contribution is 2.42. The average molecular weight is 498 g/mol. The van der Waals surface area contributed by atoms with Gasteiger partial charge in [-0.3, -0.25) is 9.59 Å². The van der Waals surface area contributed by atoms with E-state index in [2.05, 4.69) is 6.92 Å². The van der Waals surface area contributed by atoms with Gasteiger partial charge in [0, 0.05) is 18.7 Å². The van der Waals surface area contributed by atoms with Crippen molar-refractivity contribution >= 4 is 17.4 Å². The van der Waals surface area contributed by atoms with E-state index in [-0.39, 0.29) is 29.5 Å². The largest absolute Gasteiger partial charge is 0.507 e. The van der Waals surface area contributed by atoms with E-state index in [1.165, 1.54) is 36.3 Å². The lowest BCUT2D eigenvalue weighted by Crippen LogP contribution is -2.36. The molecule has 0 spiro atoms. The van der Waals surface area contributed by atoms with Gasteiger partial charge < -0.3 is 24.2 Å². The van der Waals surface area contributed by atoms with Crippen molar-refractivity contribution in [1.82, 2.24) is 4.90 Å². The molecule has 8 heteroatoms. The van der Waals surface area contributed by atoms with Crippen LogP contribution in [0.15, 0.2) is 48.0 Å². The lowest BCUT2D eigenvalue weighted by atomic mass is 9.94. The van der Waals surface area contributed by atoms with E-state index in [4.69, 9.17) is 14.2 Å². The molecule has 2 unspecified atom stereocenters. The summed E-state index contributed by atoms with van der Waals surface area (Å²) in [5.74, 6) is -1.30. The number of nitrogens with zero attached hydrogens (tertiary/aromatic N) is 1. The van der Waals surface area contributed by atoms with Gasteiger partial charge >= 0.3 is 0 Å². The van der Waals surface area contributed by atoms with Crippen LogP contribution in [0.2, 0.25) is 0 Å². The fourth-order valence-corrected chi connectivity index (χ4v) is 4.69. The Morgan fingerprint density at radius 2 is 1.92 bits per heavy atom. The van der Waals surface area contributed by atoms with Crippen molar-refractivity contribution < 1.29 is 33.3 Å². The van der Waals surface area contributed by atoms with Crippen molar-refractivity contribution in [2.24, 2.45) is 0 Å². The first kappa shape index (κ1) is 25.7. The minimum absolute atomic E-state index is 0.0525. The second-order valence-electron chi connectivity index (χ2n) is 9.06. The number of aliphatic hydroxyl groups is 1. The van der Waals surface area contributed by atoms with Crippen LogP contribution in [-0.2, 0) is 14.3 Å². The number of hydrogen-bond acceptors (Lipinski definition) is 6. The summed E-state index contributed by atoms with van der Waals surface area (Å²) in [5, 5.41) is 11.1. The standard InChI is InChI=1S/C28H32FNO6/c1-3-4-5-14-36-22-13-10-19(16-23(22)34-2)25-24(26(31)18-8-11-20(29)12-9-18)27(32)28(33)30(25)17-21-7-6-15-35-21/h8-13,16,21,25,31H,3-7,14-15,17H2,1-2H3. The molecule has 1 amide bonds. The van der Waals surface area contributed by atoms with E-state index >= 15 is 0 Å². The maximum absolute atomic E-state index is 13.5. The van der Waals surface area contributed by atoms with Crippen molar-refractivity contribution in [1.29, 1.82) is 0 Å². The third kappa shape index (κ3) is 5.38. The summed E-state index contributed by atoms with van der Waals surface area (Å²) < 4.78 is 30.7. The maximum atomic E-state index is 13.5. The van der Waals surface area contributed by atoms with Gasteiger partial charge in [0.05, 0.1) is 31.4 Å². The molecule has 2 aliphatic rings. The zero-order valence-electron chi connectivity index (χ0n) is 20.7. The van der Waals surface area contributed by atoms with Crippen LogP contribution in [0.25, 0.3) is 5.76 Å². The minimum Gasteiger partial charge on any atom is -0.507 e. The van der Waals surface area contributed by atoms with Crippen molar-refractivity contribution in [3.63, 3.8) is 0 Å². The van der Waals surface area contributed by atoms with E-state index in [0.717, 1.165) is 32.1 Å². The molecular formula is C28H32FNO6. The molecule has 1 N–H and O–H groups in total. The Morgan fingerprint density at radius 3 is 2.58 bits per heavy atom. The molecule has 4 rings (SSSR count). The van der Waals surface area contributed by atoms with Crippen LogP contribution < -0.4 is 9.47 Å². The van der Waals surface area contributed by atoms with Gasteiger partial charge in [-0.15, -0.1) is 0 Å². The number of methoxy groups -OCH3 is 1. The first-order valence-electron chi connectivity index (χ1n) is 12.4. The van der Waals surface area contributed by atoms with E-state index in [9.17, 15) is 19.1 Å². The van der Waals surface area contributed by atoms with Gasteiger partial charge in [-0.2, -0.15) is 0 Å². The summed E-state index contributed by atoms with van der Waals surface area (Å²) in [7, 11) is 1.53. The molecule has 0 bridgehead atoms. The number of halogens is 1. The van der Waals surface area contributed by atoms with Crippen LogP contribution in [0.3, 0.4) is 0 Å².